The molecule has 0 aromatic heterocycles. The van der Waals surface area contributed by atoms with Gasteiger partial charge in [-0.25, -0.2) is 8.42 Å². The first-order valence-corrected chi connectivity index (χ1v) is 8.48. The lowest BCUT2D eigenvalue weighted by Gasteiger charge is -2.35. The summed E-state index contributed by atoms with van der Waals surface area (Å²) in [5.41, 5.74) is 0.0247. The van der Waals surface area contributed by atoms with Gasteiger partial charge in [-0.05, 0) is 18.8 Å². The van der Waals surface area contributed by atoms with Crippen LogP contribution in [0.1, 0.15) is 34.1 Å². The molecule has 0 bridgehead atoms. The minimum absolute atomic E-state index is 0.0247. The van der Waals surface area contributed by atoms with Crippen LogP contribution < -0.4 is 0 Å². The highest BCUT2D eigenvalue weighted by Crippen LogP contribution is 2.22. The van der Waals surface area contributed by atoms with Crippen LogP contribution in [-0.4, -0.2) is 49.7 Å². The summed E-state index contributed by atoms with van der Waals surface area (Å²) >= 11 is 5.76. The first kappa shape index (κ1) is 16.2. The third kappa shape index (κ3) is 5.03. The van der Waals surface area contributed by atoms with Gasteiger partial charge in [0, 0.05) is 19.0 Å². The number of sulfonamides is 1. The van der Waals surface area contributed by atoms with E-state index in [9.17, 15) is 8.42 Å². The summed E-state index contributed by atoms with van der Waals surface area (Å²) in [6, 6.07) is 0. The summed E-state index contributed by atoms with van der Waals surface area (Å²) in [5.74, 6) is 0.522. The van der Waals surface area contributed by atoms with Crippen molar-refractivity contribution < 1.29 is 13.2 Å². The van der Waals surface area contributed by atoms with E-state index in [1.807, 2.05) is 27.7 Å². The average Bonchev–Trinajstić information content (AvgIpc) is 2.25. The van der Waals surface area contributed by atoms with Gasteiger partial charge in [0.05, 0.1) is 18.0 Å². The Bertz CT molecular complexity index is 364. The Morgan fingerprint density at radius 2 is 1.94 bits per heavy atom. The Morgan fingerprint density at radius 1 is 1.33 bits per heavy atom. The number of halogens is 1. The smallest absolute Gasteiger partial charge is 0.214 e. The molecule has 0 radical (unpaired) electrons. The standard InChI is InChI=1S/C12H24ClNO3S/c1-10-8-14(9-11(7-13)17-10)18(15,16)6-5-12(2,3)4/h10-11H,5-9H2,1-4H3. The minimum atomic E-state index is -3.20. The Kier molecular flexibility index (Phi) is 5.47. The maximum absolute atomic E-state index is 12.3. The molecule has 1 saturated heterocycles. The second-order valence-corrected chi connectivity index (χ2v) is 8.56. The summed E-state index contributed by atoms with van der Waals surface area (Å²) in [4.78, 5) is 0. The average molecular weight is 298 g/mol. The van der Waals surface area contributed by atoms with Crippen molar-refractivity contribution in [1.29, 1.82) is 0 Å². The highest BCUT2D eigenvalue weighted by atomic mass is 35.5. The predicted molar refractivity (Wildman–Crippen MR) is 74.5 cm³/mol. The lowest BCUT2D eigenvalue weighted by Crippen LogP contribution is -2.50. The van der Waals surface area contributed by atoms with E-state index in [0.717, 1.165) is 0 Å². The lowest BCUT2D eigenvalue weighted by molar-refractivity contribution is -0.0423. The summed E-state index contributed by atoms with van der Waals surface area (Å²) in [7, 11) is -3.20. The van der Waals surface area contributed by atoms with Crippen LogP contribution in [0.5, 0.6) is 0 Å². The Hall–Kier alpha value is 0.160. The van der Waals surface area contributed by atoms with Crippen LogP contribution in [0.2, 0.25) is 0 Å². The van der Waals surface area contributed by atoms with Crippen LogP contribution in [-0.2, 0) is 14.8 Å². The van der Waals surface area contributed by atoms with E-state index < -0.39 is 10.0 Å². The molecular formula is C12H24ClNO3S. The molecule has 0 spiro atoms. The second kappa shape index (κ2) is 6.07. The fraction of sp³-hybridized carbons (Fsp3) is 1.00. The molecule has 1 aliphatic heterocycles. The third-order valence-electron chi connectivity index (χ3n) is 2.97. The van der Waals surface area contributed by atoms with Crippen molar-refractivity contribution in [1.82, 2.24) is 4.31 Å². The van der Waals surface area contributed by atoms with E-state index in [4.69, 9.17) is 16.3 Å². The van der Waals surface area contributed by atoms with Gasteiger partial charge in [-0.15, -0.1) is 11.6 Å². The van der Waals surface area contributed by atoms with Crippen molar-refractivity contribution in [2.75, 3.05) is 24.7 Å². The molecule has 0 aromatic rings. The number of nitrogens with zero attached hydrogens (tertiary/aromatic N) is 1. The quantitative estimate of drug-likeness (QED) is 0.747. The fourth-order valence-corrected chi connectivity index (χ4v) is 4.01. The number of hydrogen-bond acceptors (Lipinski definition) is 3. The second-order valence-electron chi connectivity index (χ2n) is 6.17. The van der Waals surface area contributed by atoms with Crippen LogP contribution in [0.15, 0.2) is 0 Å². The van der Waals surface area contributed by atoms with Gasteiger partial charge in [0.25, 0.3) is 0 Å². The number of ether oxygens (including phenoxy) is 1. The minimum Gasteiger partial charge on any atom is -0.371 e. The first-order valence-electron chi connectivity index (χ1n) is 6.33. The molecule has 108 valence electrons. The van der Waals surface area contributed by atoms with Crippen molar-refractivity contribution >= 4 is 21.6 Å². The van der Waals surface area contributed by atoms with Crippen LogP contribution in [0.25, 0.3) is 0 Å². The van der Waals surface area contributed by atoms with Gasteiger partial charge >= 0.3 is 0 Å². The van der Waals surface area contributed by atoms with Crippen molar-refractivity contribution in [3.05, 3.63) is 0 Å². The van der Waals surface area contributed by atoms with E-state index in [0.29, 0.717) is 25.4 Å². The van der Waals surface area contributed by atoms with E-state index >= 15 is 0 Å². The molecule has 1 aliphatic rings. The molecule has 0 aliphatic carbocycles. The Balaban J connectivity index is 2.66. The van der Waals surface area contributed by atoms with E-state index in [-0.39, 0.29) is 23.4 Å². The summed E-state index contributed by atoms with van der Waals surface area (Å²) in [5, 5.41) is 0. The van der Waals surface area contributed by atoms with Crippen molar-refractivity contribution in [2.45, 2.75) is 46.3 Å². The molecule has 2 unspecified atom stereocenters. The van der Waals surface area contributed by atoms with Crippen LogP contribution in [0, 0.1) is 5.41 Å². The van der Waals surface area contributed by atoms with Gasteiger partial charge in [-0.3, -0.25) is 0 Å². The topological polar surface area (TPSA) is 46.6 Å². The zero-order valence-corrected chi connectivity index (χ0v) is 13.2. The van der Waals surface area contributed by atoms with Gasteiger partial charge in [-0.2, -0.15) is 4.31 Å². The zero-order chi connectivity index (χ0) is 14.0. The maximum Gasteiger partial charge on any atom is 0.214 e. The van der Waals surface area contributed by atoms with Crippen LogP contribution >= 0.6 is 11.6 Å². The van der Waals surface area contributed by atoms with Crippen molar-refractivity contribution in [3.8, 4) is 0 Å². The van der Waals surface area contributed by atoms with Gasteiger partial charge in [-0.1, -0.05) is 20.8 Å². The van der Waals surface area contributed by atoms with Crippen molar-refractivity contribution in [2.24, 2.45) is 5.41 Å². The van der Waals surface area contributed by atoms with Gasteiger partial charge in [0.15, 0.2) is 0 Å². The van der Waals surface area contributed by atoms with E-state index in [2.05, 4.69) is 0 Å². The molecule has 6 heteroatoms. The van der Waals surface area contributed by atoms with Gasteiger partial charge < -0.3 is 4.74 Å². The van der Waals surface area contributed by atoms with Gasteiger partial charge in [0.2, 0.25) is 10.0 Å². The lowest BCUT2D eigenvalue weighted by atomic mass is 9.94. The highest BCUT2D eigenvalue weighted by molar-refractivity contribution is 7.89. The molecular weight excluding hydrogens is 274 g/mol. The molecule has 2 atom stereocenters. The van der Waals surface area contributed by atoms with Gasteiger partial charge in [0.1, 0.15) is 0 Å². The highest BCUT2D eigenvalue weighted by Gasteiger charge is 2.32. The fourth-order valence-electron chi connectivity index (χ4n) is 1.88. The zero-order valence-electron chi connectivity index (χ0n) is 11.6. The Labute approximate surface area is 116 Å². The first-order chi connectivity index (χ1) is 8.14. The predicted octanol–water partition coefficient (Wildman–Crippen LogP) is 2.08. The number of morpholine rings is 1. The molecule has 0 amide bonds. The molecule has 0 aromatic carbocycles. The Morgan fingerprint density at radius 3 is 2.44 bits per heavy atom. The molecule has 1 fully saturated rings. The largest absolute Gasteiger partial charge is 0.371 e. The molecule has 0 saturated carbocycles. The van der Waals surface area contributed by atoms with E-state index in [1.54, 1.807) is 0 Å². The molecule has 0 N–H and O–H groups in total. The van der Waals surface area contributed by atoms with Crippen LogP contribution in [0.4, 0.5) is 0 Å². The number of hydrogen-bond donors (Lipinski definition) is 0. The monoisotopic (exact) mass is 297 g/mol. The summed E-state index contributed by atoms with van der Waals surface area (Å²) < 4.78 is 31.6. The summed E-state index contributed by atoms with van der Waals surface area (Å²) in [6.07, 6.45) is 0.374. The molecule has 1 rings (SSSR count). The third-order valence-corrected chi connectivity index (χ3v) is 5.12. The normalized spacial score (nSPS) is 27.4. The molecule has 18 heavy (non-hydrogen) atoms. The molecule has 1 heterocycles. The maximum atomic E-state index is 12.3. The molecule has 4 nitrogen and oxygen atoms in total. The number of alkyl halides is 1. The summed E-state index contributed by atoms with van der Waals surface area (Å²) in [6.45, 7) is 8.83. The van der Waals surface area contributed by atoms with Crippen LogP contribution in [0.3, 0.4) is 0 Å². The van der Waals surface area contributed by atoms with Crippen molar-refractivity contribution in [3.63, 3.8) is 0 Å². The SMILES string of the molecule is CC1CN(S(=O)(=O)CCC(C)(C)C)CC(CCl)O1. The van der Waals surface area contributed by atoms with E-state index in [1.165, 1.54) is 4.31 Å². The number of rotatable bonds is 4.